The molecule has 0 radical (unpaired) electrons. The van der Waals surface area contributed by atoms with Crippen LogP contribution in [0.2, 0.25) is 0 Å². The van der Waals surface area contributed by atoms with Crippen LogP contribution in [0.1, 0.15) is 27.4 Å². The van der Waals surface area contributed by atoms with Gasteiger partial charge in [0.25, 0.3) is 5.69 Å². The van der Waals surface area contributed by atoms with Crippen molar-refractivity contribution in [2.45, 2.75) is 5.92 Å². The van der Waals surface area contributed by atoms with Crippen LogP contribution in [0.4, 0.5) is 5.69 Å². The van der Waals surface area contributed by atoms with E-state index in [-0.39, 0.29) is 34.2 Å². The maximum Gasteiger partial charge on any atom is 0.343 e. The number of nitrogens with zero attached hydrogens (tertiary/aromatic N) is 2. The van der Waals surface area contributed by atoms with Crippen molar-refractivity contribution in [1.29, 1.82) is 5.26 Å². The molecule has 0 amide bonds. The number of carbonyl (C=O) groups excluding carboxylic acids is 1. The van der Waals surface area contributed by atoms with Gasteiger partial charge in [0.15, 0.2) is 11.5 Å². The summed E-state index contributed by atoms with van der Waals surface area (Å²) in [4.78, 5) is 23.0. The van der Waals surface area contributed by atoms with E-state index in [1.807, 2.05) is 0 Å². The summed E-state index contributed by atoms with van der Waals surface area (Å²) < 4.78 is 27.4. The lowest BCUT2D eigenvalue weighted by molar-refractivity contribution is -0.384. The highest BCUT2D eigenvalue weighted by molar-refractivity contribution is 5.91. The number of carbonyl (C=O) groups is 1. The van der Waals surface area contributed by atoms with Gasteiger partial charge in [0, 0.05) is 23.8 Å². The van der Waals surface area contributed by atoms with Crippen LogP contribution in [0.5, 0.6) is 28.7 Å². The number of fused-ring (bicyclic) bond motifs is 1. The molecule has 3 aromatic carbocycles. The number of nitriles is 1. The highest BCUT2D eigenvalue weighted by atomic mass is 16.6. The zero-order chi connectivity index (χ0) is 26.7. The quantitative estimate of drug-likeness (QED) is 0.216. The van der Waals surface area contributed by atoms with Crippen LogP contribution >= 0.6 is 0 Å². The van der Waals surface area contributed by atoms with E-state index in [2.05, 4.69) is 6.07 Å². The first kappa shape index (κ1) is 24.9. The number of hydrogen-bond donors (Lipinski definition) is 1. The van der Waals surface area contributed by atoms with Crippen molar-refractivity contribution < 1.29 is 33.4 Å². The molecule has 11 heteroatoms. The second-order valence-electron chi connectivity index (χ2n) is 7.78. The minimum absolute atomic E-state index is 0.00862. The molecule has 2 N–H and O–H groups in total. The molecule has 0 saturated heterocycles. The van der Waals surface area contributed by atoms with Crippen LogP contribution in [-0.4, -0.2) is 32.2 Å². The van der Waals surface area contributed by atoms with Gasteiger partial charge in [0.05, 0.1) is 37.7 Å². The standard InChI is InChI=1S/C26H21N3O8/c1-33-21-10-15(11-22(34-2)24(21)35-3)23-18-8-7-17(12-20(18)37-25(28)19(23)13-27)36-26(30)14-5-4-6-16(9-14)29(31)32/h4-12,23H,28H2,1-3H3. The fraction of sp³-hybridized carbons (Fsp3) is 0.154. The third kappa shape index (κ3) is 4.68. The molecule has 0 fully saturated rings. The number of nitrogens with two attached hydrogens (primary N) is 1. The second-order valence-corrected chi connectivity index (χ2v) is 7.78. The summed E-state index contributed by atoms with van der Waals surface area (Å²) in [6.45, 7) is 0. The number of ether oxygens (including phenoxy) is 5. The number of rotatable bonds is 7. The molecule has 1 aliphatic heterocycles. The average Bonchev–Trinajstić information content (AvgIpc) is 2.91. The number of nitro groups is 1. The molecule has 4 rings (SSSR count). The van der Waals surface area contributed by atoms with Gasteiger partial charge in [-0.15, -0.1) is 0 Å². The molecule has 1 aliphatic rings. The van der Waals surface area contributed by atoms with Gasteiger partial charge in [0.2, 0.25) is 11.6 Å². The van der Waals surface area contributed by atoms with Gasteiger partial charge in [-0.25, -0.2) is 4.79 Å². The molecule has 11 nitrogen and oxygen atoms in total. The van der Waals surface area contributed by atoms with Gasteiger partial charge in [0.1, 0.15) is 23.1 Å². The smallest absolute Gasteiger partial charge is 0.343 e. The van der Waals surface area contributed by atoms with E-state index in [1.165, 1.54) is 51.7 Å². The predicted octanol–water partition coefficient (Wildman–Crippen LogP) is 4.06. The molecule has 0 aromatic heterocycles. The number of nitro benzene ring substituents is 1. The van der Waals surface area contributed by atoms with Crippen molar-refractivity contribution in [3.63, 3.8) is 0 Å². The summed E-state index contributed by atoms with van der Waals surface area (Å²) in [7, 11) is 4.45. The number of benzene rings is 3. The molecule has 188 valence electrons. The van der Waals surface area contributed by atoms with Crippen molar-refractivity contribution in [2.24, 2.45) is 5.73 Å². The second kappa shape index (κ2) is 10.2. The van der Waals surface area contributed by atoms with Crippen molar-refractivity contribution in [3.05, 3.63) is 92.9 Å². The Morgan fingerprint density at radius 3 is 2.35 bits per heavy atom. The molecular weight excluding hydrogens is 482 g/mol. The highest BCUT2D eigenvalue weighted by Crippen LogP contribution is 2.47. The SMILES string of the molecule is COc1cc(C2C(C#N)=C(N)Oc3cc(OC(=O)c4cccc([N+](=O)[O-])c4)ccc32)cc(OC)c1OC. The van der Waals surface area contributed by atoms with Crippen molar-refractivity contribution in [1.82, 2.24) is 0 Å². The Kier molecular flexibility index (Phi) is 6.84. The van der Waals surface area contributed by atoms with Crippen LogP contribution < -0.4 is 29.4 Å². The lowest BCUT2D eigenvalue weighted by atomic mass is 9.83. The molecular formula is C26H21N3O8. The molecule has 0 aliphatic carbocycles. The van der Waals surface area contributed by atoms with Crippen LogP contribution in [0.3, 0.4) is 0 Å². The largest absolute Gasteiger partial charge is 0.493 e. The normalized spacial score (nSPS) is 14.1. The minimum Gasteiger partial charge on any atom is -0.493 e. The minimum atomic E-state index is -0.790. The monoisotopic (exact) mass is 503 g/mol. The number of allylic oxidation sites excluding steroid dienone is 1. The van der Waals surface area contributed by atoms with Crippen LogP contribution in [-0.2, 0) is 0 Å². The summed E-state index contributed by atoms with van der Waals surface area (Å²) in [5, 5.41) is 20.9. The van der Waals surface area contributed by atoms with Gasteiger partial charge in [-0.2, -0.15) is 5.26 Å². The Labute approximate surface area is 211 Å². The highest BCUT2D eigenvalue weighted by Gasteiger charge is 2.32. The molecule has 1 atom stereocenters. The lowest BCUT2D eigenvalue weighted by Crippen LogP contribution is -2.21. The molecule has 1 unspecified atom stereocenters. The first-order valence-electron chi connectivity index (χ1n) is 10.8. The molecule has 0 spiro atoms. The van der Waals surface area contributed by atoms with E-state index in [1.54, 1.807) is 18.2 Å². The van der Waals surface area contributed by atoms with Crippen molar-refractivity contribution in [2.75, 3.05) is 21.3 Å². The van der Waals surface area contributed by atoms with Gasteiger partial charge >= 0.3 is 5.97 Å². The van der Waals surface area contributed by atoms with Crippen molar-refractivity contribution in [3.8, 4) is 34.8 Å². The zero-order valence-electron chi connectivity index (χ0n) is 20.0. The van der Waals surface area contributed by atoms with E-state index < -0.39 is 16.8 Å². The fourth-order valence-corrected chi connectivity index (χ4v) is 4.02. The molecule has 0 saturated carbocycles. The number of esters is 1. The van der Waals surface area contributed by atoms with E-state index in [0.29, 0.717) is 28.4 Å². The summed E-state index contributed by atoms with van der Waals surface area (Å²) in [6, 6.07) is 15.3. The van der Waals surface area contributed by atoms with Crippen LogP contribution in [0.15, 0.2) is 66.1 Å². The maximum atomic E-state index is 12.6. The predicted molar refractivity (Wildman–Crippen MR) is 130 cm³/mol. The van der Waals surface area contributed by atoms with E-state index in [4.69, 9.17) is 29.4 Å². The summed E-state index contributed by atoms with van der Waals surface area (Å²) in [6.07, 6.45) is 0. The molecule has 0 bridgehead atoms. The summed E-state index contributed by atoms with van der Waals surface area (Å²) >= 11 is 0. The number of non-ortho nitro benzene ring substituents is 1. The number of hydrogen-bond acceptors (Lipinski definition) is 10. The first-order valence-corrected chi connectivity index (χ1v) is 10.8. The Bertz CT molecular complexity index is 1450. The third-order valence-electron chi connectivity index (χ3n) is 5.71. The first-order chi connectivity index (χ1) is 17.8. The molecule has 3 aromatic rings. The Morgan fingerprint density at radius 2 is 1.76 bits per heavy atom. The topological polar surface area (TPSA) is 156 Å². The Hall–Kier alpha value is -5.24. The average molecular weight is 503 g/mol. The lowest BCUT2D eigenvalue weighted by Gasteiger charge is -2.27. The third-order valence-corrected chi connectivity index (χ3v) is 5.71. The zero-order valence-corrected chi connectivity index (χ0v) is 20.0. The fourth-order valence-electron chi connectivity index (χ4n) is 4.02. The summed E-state index contributed by atoms with van der Waals surface area (Å²) in [5.41, 5.74) is 7.24. The van der Waals surface area contributed by atoms with Gasteiger partial charge in [-0.3, -0.25) is 10.1 Å². The van der Waals surface area contributed by atoms with Crippen LogP contribution in [0, 0.1) is 21.4 Å². The van der Waals surface area contributed by atoms with E-state index >= 15 is 0 Å². The van der Waals surface area contributed by atoms with E-state index in [9.17, 15) is 20.2 Å². The van der Waals surface area contributed by atoms with Gasteiger partial charge in [-0.1, -0.05) is 12.1 Å². The maximum absolute atomic E-state index is 12.6. The number of methoxy groups -OCH3 is 3. The van der Waals surface area contributed by atoms with E-state index in [0.717, 1.165) is 6.07 Å². The summed E-state index contributed by atoms with van der Waals surface area (Å²) in [5.74, 6) is -0.000117. The van der Waals surface area contributed by atoms with Gasteiger partial charge in [-0.05, 0) is 29.8 Å². The van der Waals surface area contributed by atoms with Crippen molar-refractivity contribution >= 4 is 11.7 Å². The Balaban J connectivity index is 1.74. The molecule has 1 heterocycles. The van der Waals surface area contributed by atoms with Gasteiger partial charge < -0.3 is 29.4 Å². The Morgan fingerprint density at radius 1 is 1.05 bits per heavy atom. The molecule has 37 heavy (non-hydrogen) atoms. The van der Waals surface area contributed by atoms with Crippen LogP contribution in [0.25, 0.3) is 0 Å².